The van der Waals surface area contributed by atoms with Gasteiger partial charge in [-0.3, -0.25) is 14.5 Å². The highest BCUT2D eigenvalue weighted by atomic mass is 79.9. The van der Waals surface area contributed by atoms with E-state index in [4.69, 9.17) is 0 Å². The summed E-state index contributed by atoms with van der Waals surface area (Å²) >= 11 is 3.25. The van der Waals surface area contributed by atoms with E-state index in [1.807, 2.05) is 0 Å². The second-order valence-electron chi connectivity index (χ2n) is 4.66. The van der Waals surface area contributed by atoms with Crippen molar-refractivity contribution in [2.75, 3.05) is 7.11 Å². The van der Waals surface area contributed by atoms with Crippen molar-refractivity contribution >= 4 is 33.7 Å². The van der Waals surface area contributed by atoms with Crippen LogP contribution in [0.3, 0.4) is 0 Å². The standard InChI is InChI=1S/C13H12BrNO4/c1-13(2,12(18)19-3)15-10(16)7-5-4-6-8(14)9(7)11(15)17/h4-6H,1-3H3. The third-order valence-corrected chi connectivity index (χ3v) is 3.77. The highest BCUT2D eigenvalue weighted by Crippen LogP contribution is 2.34. The number of imide groups is 1. The Morgan fingerprint density at radius 2 is 1.89 bits per heavy atom. The van der Waals surface area contributed by atoms with Crippen LogP contribution in [-0.2, 0) is 9.53 Å². The lowest BCUT2D eigenvalue weighted by Crippen LogP contribution is -2.53. The number of amides is 2. The van der Waals surface area contributed by atoms with E-state index in [0.29, 0.717) is 4.47 Å². The molecular formula is C13H12BrNO4. The molecule has 2 rings (SSSR count). The van der Waals surface area contributed by atoms with Gasteiger partial charge >= 0.3 is 5.97 Å². The van der Waals surface area contributed by atoms with Crippen molar-refractivity contribution in [1.29, 1.82) is 0 Å². The minimum atomic E-state index is -1.35. The summed E-state index contributed by atoms with van der Waals surface area (Å²) in [4.78, 5) is 37.4. The number of hydrogen-bond acceptors (Lipinski definition) is 4. The number of carbonyl (C=O) groups excluding carboxylic acids is 3. The number of halogens is 1. The largest absolute Gasteiger partial charge is 0.467 e. The zero-order valence-corrected chi connectivity index (χ0v) is 12.3. The fourth-order valence-corrected chi connectivity index (χ4v) is 2.63. The summed E-state index contributed by atoms with van der Waals surface area (Å²) in [5.41, 5.74) is -0.776. The van der Waals surface area contributed by atoms with Crippen LogP contribution in [0.4, 0.5) is 0 Å². The zero-order chi connectivity index (χ0) is 14.4. The van der Waals surface area contributed by atoms with Gasteiger partial charge in [-0.15, -0.1) is 0 Å². The number of hydrogen-bond donors (Lipinski definition) is 0. The van der Waals surface area contributed by atoms with Crippen molar-refractivity contribution in [3.8, 4) is 0 Å². The molecule has 1 aliphatic heterocycles. The Bertz CT molecular complexity index is 594. The van der Waals surface area contributed by atoms with Gasteiger partial charge in [-0.2, -0.15) is 0 Å². The Morgan fingerprint density at radius 3 is 2.42 bits per heavy atom. The second kappa shape index (κ2) is 4.45. The van der Waals surface area contributed by atoms with Gasteiger partial charge in [0.25, 0.3) is 11.8 Å². The molecular weight excluding hydrogens is 314 g/mol. The topological polar surface area (TPSA) is 63.7 Å². The molecule has 0 fully saturated rings. The molecule has 0 aromatic heterocycles. The fraction of sp³-hybridized carbons (Fsp3) is 0.308. The highest BCUT2D eigenvalue weighted by molar-refractivity contribution is 9.10. The first-order valence-corrected chi connectivity index (χ1v) is 6.37. The molecule has 0 bridgehead atoms. The molecule has 1 heterocycles. The molecule has 1 aromatic carbocycles. The molecule has 0 saturated heterocycles. The molecule has 1 aliphatic rings. The fourth-order valence-electron chi connectivity index (χ4n) is 2.09. The van der Waals surface area contributed by atoms with E-state index in [1.54, 1.807) is 18.2 Å². The van der Waals surface area contributed by atoms with E-state index < -0.39 is 23.3 Å². The maximum atomic E-state index is 12.4. The first kappa shape index (κ1) is 13.7. The number of fused-ring (bicyclic) bond motifs is 1. The van der Waals surface area contributed by atoms with Crippen LogP contribution >= 0.6 is 15.9 Å². The molecule has 0 atom stereocenters. The van der Waals surface area contributed by atoms with E-state index in [1.165, 1.54) is 21.0 Å². The van der Waals surface area contributed by atoms with Crippen LogP contribution < -0.4 is 0 Å². The first-order chi connectivity index (χ1) is 8.82. The lowest BCUT2D eigenvalue weighted by Gasteiger charge is -2.30. The number of ether oxygens (including phenoxy) is 1. The molecule has 0 radical (unpaired) electrons. The van der Waals surface area contributed by atoms with Gasteiger partial charge in [-0.25, -0.2) is 4.79 Å². The normalized spacial score (nSPS) is 14.6. The number of benzene rings is 1. The van der Waals surface area contributed by atoms with E-state index in [0.717, 1.165) is 4.90 Å². The van der Waals surface area contributed by atoms with Crippen LogP contribution in [0.5, 0.6) is 0 Å². The number of nitrogens with zero attached hydrogens (tertiary/aromatic N) is 1. The Hall–Kier alpha value is -1.69. The highest BCUT2D eigenvalue weighted by Gasteiger charge is 2.49. The first-order valence-electron chi connectivity index (χ1n) is 5.58. The molecule has 0 unspecified atom stereocenters. The van der Waals surface area contributed by atoms with Crippen molar-refractivity contribution in [1.82, 2.24) is 4.90 Å². The van der Waals surface area contributed by atoms with Crippen molar-refractivity contribution < 1.29 is 19.1 Å². The summed E-state index contributed by atoms with van der Waals surface area (Å²) in [5.74, 6) is -1.63. The lowest BCUT2D eigenvalue weighted by molar-refractivity contribution is -0.150. The predicted molar refractivity (Wildman–Crippen MR) is 70.7 cm³/mol. The molecule has 0 N–H and O–H groups in total. The molecule has 0 aliphatic carbocycles. The van der Waals surface area contributed by atoms with E-state index in [2.05, 4.69) is 20.7 Å². The molecule has 2 amide bonds. The van der Waals surface area contributed by atoms with Gasteiger partial charge in [0, 0.05) is 4.47 Å². The number of rotatable bonds is 2. The quantitative estimate of drug-likeness (QED) is 0.616. The summed E-state index contributed by atoms with van der Waals surface area (Å²) in [6, 6.07) is 4.91. The Kier molecular flexibility index (Phi) is 3.22. The van der Waals surface area contributed by atoms with Crippen LogP contribution in [0.25, 0.3) is 0 Å². The smallest absolute Gasteiger partial charge is 0.331 e. The average molecular weight is 326 g/mol. The van der Waals surface area contributed by atoms with E-state index in [-0.39, 0.29) is 11.1 Å². The van der Waals surface area contributed by atoms with Gasteiger partial charge in [0.05, 0.1) is 18.2 Å². The Balaban J connectivity index is 2.55. The molecule has 0 saturated carbocycles. The van der Waals surface area contributed by atoms with Crippen LogP contribution in [-0.4, -0.2) is 35.3 Å². The summed E-state index contributed by atoms with van der Waals surface area (Å²) < 4.78 is 5.19. The average Bonchev–Trinajstić information content (AvgIpc) is 2.62. The molecule has 100 valence electrons. The number of esters is 1. The Morgan fingerprint density at radius 1 is 1.26 bits per heavy atom. The van der Waals surface area contributed by atoms with Gasteiger partial charge < -0.3 is 4.74 Å². The van der Waals surface area contributed by atoms with Gasteiger partial charge in [0.1, 0.15) is 5.54 Å². The van der Waals surface area contributed by atoms with Crippen molar-refractivity contribution in [2.45, 2.75) is 19.4 Å². The SMILES string of the molecule is COC(=O)C(C)(C)N1C(=O)c2cccc(Br)c2C1=O. The van der Waals surface area contributed by atoms with Gasteiger partial charge in [-0.05, 0) is 41.9 Å². The molecule has 6 heteroatoms. The van der Waals surface area contributed by atoms with Crippen LogP contribution in [0.2, 0.25) is 0 Å². The van der Waals surface area contributed by atoms with Crippen molar-refractivity contribution in [3.63, 3.8) is 0 Å². The summed E-state index contributed by atoms with van der Waals surface area (Å²) in [6.07, 6.45) is 0. The maximum Gasteiger partial charge on any atom is 0.331 e. The van der Waals surface area contributed by atoms with Crippen LogP contribution in [0, 0.1) is 0 Å². The third kappa shape index (κ3) is 1.87. The third-order valence-electron chi connectivity index (χ3n) is 3.11. The molecule has 5 nitrogen and oxygen atoms in total. The van der Waals surface area contributed by atoms with E-state index >= 15 is 0 Å². The van der Waals surface area contributed by atoms with Crippen molar-refractivity contribution in [3.05, 3.63) is 33.8 Å². The lowest BCUT2D eigenvalue weighted by atomic mass is 10.0. The predicted octanol–water partition coefficient (Wildman–Crippen LogP) is 2.00. The maximum absolute atomic E-state index is 12.4. The minimum absolute atomic E-state index is 0.282. The Labute approximate surface area is 118 Å². The van der Waals surface area contributed by atoms with Gasteiger partial charge in [-0.1, -0.05) is 6.07 Å². The molecule has 19 heavy (non-hydrogen) atoms. The molecule has 0 spiro atoms. The summed E-state index contributed by atoms with van der Waals surface area (Å²) in [5, 5.41) is 0. The number of methoxy groups -OCH3 is 1. The van der Waals surface area contributed by atoms with Gasteiger partial charge in [0.15, 0.2) is 0 Å². The zero-order valence-electron chi connectivity index (χ0n) is 10.7. The van der Waals surface area contributed by atoms with E-state index in [9.17, 15) is 14.4 Å². The van der Waals surface area contributed by atoms with Crippen LogP contribution in [0.15, 0.2) is 22.7 Å². The summed E-state index contributed by atoms with van der Waals surface area (Å²) in [6.45, 7) is 2.96. The van der Waals surface area contributed by atoms with Crippen molar-refractivity contribution in [2.24, 2.45) is 0 Å². The van der Waals surface area contributed by atoms with Gasteiger partial charge in [0.2, 0.25) is 0 Å². The second-order valence-corrected chi connectivity index (χ2v) is 5.51. The van der Waals surface area contributed by atoms with Crippen LogP contribution in [0.1, 0.15) is 34.6 Å². The minimum Gasteiger partial charge on any atom is -0.467 e. The molecule has 1 aromatic rings. The summed E-state index contributed by atoms with van der Waals surface area (Å²) in [7, 11) is 1.22. The monoisotopic (exact) mass is 325 g/mol. The number of carbonyl (C=O) groups is 3.